The predicted molar refractivity (Wildman–Crippen MR) is 199 cm³/mol. The molecule has 1 aliphatic heterocycles. The average molecular weight is 721 g/mol. The van der Waals surface area contributed by atoms with Crippen LogP contribution in [0.15, 0.2) is 0 Å². The van der Waals surface area contributed by atoms with Gasteiger partial charge in [-0.2, -0.15) is 0 Å². The first-order valence-corrected chi connectivity index (χ1v) is 21.2. The maximum Gasteiger partial charge on any atom is 0.318 e. The van der Waals surface area contributed by atoms with Gasteiger partial charge in [0.1, 0.15) is 0 Å². The minimum absolute atomic E-state index is 0.191. The van der Waals surface area contributed by atoms with Crippen LogP contribution in [0.5, 0.6) is 0 Å². The minimum atomic E-state index is -1.90. The molecule has 4 N–H and O–H groups in total. The largest absolute Gasteiger partial charge is 0.481 e. The number of aliphatic carboxylic acids is 4. The number of ether oxygens (including phenoxy) is 1. The molecule has 4 rings (SSSR count). The maximum absolute atomic E-state index is 13.1. The van der Waals surface area contributed by atoms with Crippen molar-refractivity contribution in [2.24, 2.45) is 34.5 Å². The van der Waals surface area contributed by atoms with Crippen molar-refractivity contribution in [1.82, 2.24) is 0 Å². The number of carbonyl (C=O) groups is 4. The Balaban J connectivity index is 1.75. The summed E-state index contributed by atoms with van der Waals surface area (Å²) in [6, 6.07) is 0. The number of hydrogen-bond acceptors (Lipinski definition) is 5. The predicted octanol–water partition coefficient (Wildman–Crippen LogP) is 10.5. The first kappa shape index (κ1) is 43.2. The van der Waals surface area contributed by atoms with Crippen LogP contribution in [0.2, 0.25) is 0 Å². The monoisotopic (exact) mass is 721 g/mol. The SMILES string of the molecule is CCCCCCCCCCCCCCC12CCC(C3OC31)C(C(C(=O)O)C(=O)O)C2(CCCCCCCCCCCCCC)C(C(=O)O)C(=O)O. The maximum atomic E-state index is 13.1. The third-order valence-electron chi connectivity index (χ3n) is 13.2. The van der Waals surface area contributed by atoms with Crippen molar-refractivity contribution < 1.29 is 44.3 Å². The van der Waals surface area contributed by atoms with Gasteiger partial charge in [-0.05, 0) is 37.5 Å². The number of carboxylic acid groups (broad SMARTS) is 4. The van der Waals surface area contributed by atoms with E-state index < -0.39 is 58.4 Å². The van der Waals surface area contributed by atoms with Crippen LogP contribution in [0.25, 0.3) is 0 Å². The van der Waals surface area contributed by atoms with E-state index in [1.807, 2.05) is 0 Å². The smallest absolute Gasteiger partial charge is 0.318 e. The van der Waals surface area contributed by atoms with Crippen molar-refractivity contribution in [2.45, 2.75) is 206 Å². The normalized spacial score (nSPS) is 26.4. The van der Waals surface area contributed by atoms with Gasteiger partial charge in [0.05, 0.1) is 12.2 Å². The molecule has 2 bridgehead atoms. The van der Waals surface area contributed by atoms with Crippen LogP contribution in [0.1, 0.15) is 194 Å². The molecule has 0 aromatic carbocycles. The molecular weight excluding hydrogens is 648 g/mol. The van der Waals surface area contributed by atoms with Crippen molar-refractivity contribution >= 4 is 23.9 Å². The van der Waals surface area contributed by atoms with Crippen molar-refractivity contribution in [3.63, 3.8) is 0 Å². The molecule has 6 atom stereocenters. The molecule has 0 radical (unpaired) electrons. The molecular formula is C42H72O9. The Morgan fingerprint density at radius 2 is 0.922 bits per heavy atom. The molecule has 294 valence electrons. The van der Waals surface area contributed by atoms with Crippen LogP contribution in [0, 0.1) is 34.5 Å². The van der Waals surface area contributed by atoms with Gasteiger partial charge in [-0.15, -0.1) is 0 Å². The molecule has 9 nitrogen and oxygen atoms in total. The molecule has 3 aliphatic carbocycles. The van der Waals surface area contributed by atoms with Crippen molar-refractivity contribution in [3.05, 3.63) is 0 Å². The highest BCUT2D eigenvalue weighted by molar-refractivity contribution is 5.96. The van der Waals surface area contributed by atoms with E-state index in [9.17, 15) is 39.6 Å². The zero-order valence-corrected chi connectivity index (χ0v) is 32.1. The second-order valence-corrected chi connectivity index (χ2v) is 16.5. The Kier molecular flexibility index (Phi) is 18.8. The van der Waals surface area contributed by atoms with Crippen molar-refractivity contribution in [2.75, 3.05) is 0 Å². The molecule has 0 aromatic rings. The lowest BCUT2D eigenvalue weighted by Gasteiger charge is -2.64. The number of hydrogen-bond donors (Lipinski definition) is 4. The van der Waals surface area contributed by atoms with E-state index >= 15 is 0 Å². The van der Waals surface area contributed by atoms with Crippen LogP contribution >= 0.6 is 0 Å². The van der Waals surface area contributed by atoms with Crippen LogP contribution in [-0.2, 0) is 23.9 Å². The van der Waals surface area contributed by atoms with E-state index in [-0.39, 0.29) is 18.6 Å². The highest BCUT2D eigenvalue weighted by atomic mass is 16.6. The van der Waals surface area contributed by atoms with Crippen LogP contribution in [0.4, 0.5) is 0 Å². The number of fused-ring (bicyclic) bond motifs is 2. The topological polar surface area (TPSA) is 162 Å². The third-order valence-corrected chi connectivity index (χ3v) is 13.2. The average Bonchev–Trinajstić information content (AvgIpc) is 3.90. The van der Waals surface area contributed by atoms with Gasteiger partial charge in [0, 0.05) is 10.8 Å². The quantitative estimate of drug-likeness (QED) is 0.0301. The highest BCUT2D eigenvalue weighted by Crippen LogP contribution is 2.76. The Morgan fingerprint density at radius 3 is 1.29 bits per heavy atom. The molecule has 6 unspecified atom stereocenters. The standard InChI is InChI=1S/C42H72O9/c1-3-5-7-9-11-13-15-17-19-21-23-25-28-41-30-27-31(35-36(41)51-35)33(32(37(43)44)38(45)46)42(41,34(39(47)48)40(49)50)29-26-24-22-20-18-16-14-12-10-8-6-4-2/h31-36H,3-30H2,1-2H3,(H,43,44)(H,45,46)(H,47,48)(H,49,50). The summed E-state index contributed by atoms with van der Waals surface area (Å²) in [5.41, 5.74) is -2.43. The van der Waals surface area contributed by atoms with E-state index in [1.165, 1.54) is 96.3 Å². The molecule has 51 heavy (non-hydrogen) atoms. The number of epoxide rings is 1. The Morgan fingerprint density at radius 1 is 0.549 bits per heavy atom. The van der Waals surface area contributed by atoms with Crippen molar-refractivity contribution in [3.8, 4) is 0 Å². The van der Waals surface area contributed by atoms with Gasteiger partial charge in [-0.1, -0.05) is 168 Å². The summed E-state index contributed by atoms with van der Waals surface area (Å²) in [4.78, 5) is 51.6. The second kappa shape index (κ2) is 22.1. The van der Waals surface area contributed by atoms with Gasteiger partial charge >= 0.3 is 23.9 Å². The van der Waals surface area contributed by atoms with Crippen LogP contribution in [-0.4, -0.2) is 56.5 Å². The van der Waals surface area contributed by atoms with E-state index in [1.54, 1.807) is 0 Å². The molecule has 4 fully saturated rings. The first-order valence-electron chi connectivity index (χ1n) is 21.2. The van der Waals surface area contributed by atoms with Crippen LogP contribution in [0.3, 0.4) is 0 Å². The van der Waals surface area contributed by atoms with E-state index in [4.69, 9.17) is 4.74 Å². The van der Waals surface area contributed by atoms with Gasteiger partial charge in [-0.3, -0.25) is 19.2 Å². The zero-order valence-electron chi connectivity index (χ0n) is 32.1. The van der Waals surface area contributed by atoms with Gasteiger partial charge < -0.3 is 25.2 Å². The Labute approximate surface area is 308 Å². The fourth-order valence-electron chi connectivity index (χ4n) is 10.8. The molecule has 9 heteroatoms. The Hall–Kier alpha value is -2.16. The number of rotatable bonds is 32. The second-order valence-electron chi connectivity index (χ2n) is 16.5. The highest BCUT2D eigenvalue weighted by Gasteiger charge is 2.80. The van der Waals surface area contributed by atoms with Gasteiger partial charge in [0.2, 0.25) is 0 Å². The summed E-state index contributed by atoms with van der Waals surface area (Å²) >= 11 is 0. The summed E-state index contributed by atoms with van der Waals surface area (Å²) in [7, 11) is 0. The summed E-state index contributed by atoms with van der Waals surface area (Å²) in [5.74, 6) is -11.5. The van der Waals surface area contributed by atoms with E-state index in [0.29, 0.717) is 25.7 Å². The molecule has 3 saturated carbocycles. The zero-order chi connectivity index (χ0) is 37.3. The summed E-state index contributed by atoms with van der Waals surface area (Å²) < 4.78 is 6.27. The molecule has 1 heterocycles. The fourth-order valence-corrected chi connectivity index (χ4v) is 10.8. The molecule has 1 saturated heterocycles. The molecule has 0 aromatic heterocycles. The Bertz CT molecular complexity index is 1050. The lowest BCUT2D eigenvalue weighted by atomic mass is 9.36. The number of carboxylic acids is 4. The van der Waals surface area contributed by atoms with E-state index in [0.717, 1.165) is 51.4 Å². The number of unbranched alkanes of at least 4 members (excludes halogenated alkanes) is 22. The minimum Gasteiger partial charge on any atom is -0.481 e. The van der Waals surface area contributed by atoms with Gasteiger partial charge in [0.25, 0.3) is 0 Å². The molecule has 4 aliphatic rings. The van der Waals surface area contributed by atoms with E-state index in [2.05, 4.69) is 13.8 Å². The molecule has 0 amide bonds. The first-order chi connectivity index (χ1) is 24.6. The summed E-state index contributed by atoms with van der Waals surface area (Å²) in [6.45, 7) is 4.45. The van der Waals surface area contributed by atoms with Gasteiger partial charge in [0.15, 0.2) is 11.8 Å². The lowest BCUT2D eigenvalue weighted by molar-refractivity contribution is -0.215. The third kappa shape index (κ3) is 11.2. The summed E-state index contributed by atoms with van der Waals surface area (Å²) in [5, 5.41) is 41.9. The van der Waals surface area contributed by atoms with Crippen molar-refractivity contribution in [1.29, 1.82) is 0 Å². The van der Waals surface area contributed by atoms with Crippen LogP contribution < -0.4 is 0 Å². The molecule has 0 spiro atoms. The van der Waals surface area contributed by atoms with Gasteiger partial charge in [-0.25, -0.2) is 0 Å². The lowest BCUT2D eigenvalue weighted by Crippen LogP contribution is -2.69. The summed E-state index contributed by atoms with van der Waals surface area (Å²) in [6.07, 6.45) is 28.3. The fraction of sp³-hybridized carbons (Fsp3) is 0.905.